The summed E-state index contributed by atoms with van der Waals surface area (Å²) < 4.78 is 21.8. The zero-order valence-corrected chi connectivity index (χ0v) is 24.0. The van der Waals surface area contributed by atoms with Crippen molar-refractivity contribution in [3.63, 3.8) is 0 Å². The van der Waals surface area contributed by atoms with Gasteiger partial charge >= 0.3 is 17.9 Å². The van der Waals surface area contributed by atoms with Gasteiger partial charge in [-0.3, -0.25) is 14.4 Å². The van der Waals surface area contributed by atoms with E-state index in [1.807, 2.05) is 6.92 Å². The summed E-state index contributed by atoms with van der Waals surface area (Å²) in [4.78, 5) is 53.1. The fraction of sp³-hybridized carbons (Fsp3) is 0.548. The van der Waals surface area contributed by atoms with E-state index in [-0.39, 0.29) is 24.8 Å². The van der Waals surface area contributed by atoms with E-state index >= 15 is 0 Å². The highest BCUT2D eigenvalue weighted by Crippen LogP contribution is 2.83. The fourth-order valence-corrected chi connectivity index (χ4v) is 9.40. The molecule has 6 rings (SSSR count). The number of furan rings is 1. The number of carbonyl (C=O) groups is 4. The third kappa shape index (κ3) is 2.76. The number of fused-ring (bicyclic) bond motifs is 4. The van der Waals surface area contributed by atoms with Crippen molar-refractivity contribution in [1.29, 1.82) is 0 Å². The smallest absolute Gasteiger partial charge is 0.331 e. The molecule has 0 unspecified atom stereocenters. The fourth-order valence-electron chi connectivity index (χ4n) is 9.40. The molecule has 0 radical (unpaired) electrons. The summed E-state index contributed by atoms with van der Waals surface area (Å²) >= 11 is 0. The molecule has 0 aromatic carbocycles. The summed E-state index contributed by atoms with van der Waals surface area (Å²) in [6.45, 7) is 12.6. The minimum Gasteiger partial charge on any atom is -0.472 e. The van der Waals surface area contributed by atoms with Gasteiger partial charge in [-0.05, 0) is 41.0 Å². The van der Waals surface area contributed by atoms with E-state index in [9.17, 15) is 29.4 Å². The number of esters is 3. The second kappa shape index (κ2) is 7.86. The van der Waals surface area contributed by atoms with Crippen molar-refractivity contribution in [3.05, 3.63) is 59.1 Å². The molecule has 2 fully saturated rings. The van der Waals surface area contributed by atoms with Crippen LogP contribution in [0.5, 0.6) is 0 Å². The Labute approximate surface area is 237 Å². The van der Waals surface area contributed by atoms with Gasteiger partial charge in [0.25, 0.3) is 0 Å². The minimum absolute atomic E-state index is 0.0285. The molecule has 2 N–H and O–H groups in total. The number of aliphatic hydroxyl groups is 2. The van der Waals surface area contributed by atoms with Crippen molar-refractivity contribution in [1.82, 2.24) is 0 Å². The molecule has 4 aliphatic carbocycles. The predicted molar refractivity (Wildman–Crippen MR) is 141 cm³/mol. The molecule has 5 aliphatic rings. The van der Waals surface area contributed by atoms with Crippen molar-refractivity contribution >= 4 is 23.7 Å². The van der Waals surface area contributed by atoms with Gasteiger partial charge in [0.05, 0.1) is 26.1 Å². The molecule has 0 spiro atoms. The van der Waals surface area contributed by atoms with Crippen molar-refractivity contribution in [2.24, 2.45) is 21.7 Å². The summed E-state index contributed by atoms with van der Waals surface area (Å²) in [7, 11) is 1.26. The van der Waals surface area contributed by atoms with E-state index in [1.165, 1.54) is 25.7 Å². The number of methoxy groups -OCH3 is 1. The van der Waals surface area contributed by atoms with Crippen LogP contribution >= 0.6 is 0 Å². The first-order valence-corrected chi connectivity index (χ1v) is 13.6. The highest BCUT2D eigenvalue weighted by Gasteiger charge is 2.92. The van der Waals surface area contributed by atoms with Gasteiger partial charge in [0.2, 0.25) is 5.78 Å². The number of hydrogen-bond acceptors (Lipinski definition) is 10. The van der Waals surface area contributed by atoms with E-state index in [0.29, 0.717) is 22.3 Å². The van der Waals surface area contributed by atoms with E-state index < -0.39 is 68.8 Å². The van der Waals surface area contributed by atoms with E-state index in [4.69, 9.17) is 18.6 Å². The average molecular weight is 567 g/mol. The number of allylic oxidation sites excluding steroid dienone is 1. The molecule has 10 nitrogen and oxygen atoms in total. The normalized spacial score (nSPS) is 44.2. The number of carbonyl (C=O) groups excluding carboxylic acids is 4. The first kappa shape index (κ1) is 27.7. The Bertz CT molecular complexity index is 1520. The Morgan fingerprint density at radius 1 is 1.17 bits per heavy atom. The third-order valence-electron chi connectivity index (χ3n) is 11.5. The number of Topliss-reactive ketones (excluding diaryl/α,β-unsaturated/α-hetero) is 1. The lowest BCUT2D eigenvalue weighted by atomic mass is 9.38. The van der Waals surface area contributed by atoms with Gasteiger partial charge in [0.15, 0.2) is 5.60 Å². The first-order chi connectivity index (χ1) is 19.0. The van der Waals surface area contributed by atoms with Crippen LogP contribution in [0.25, 0.3) is 0 Å². The number of cyclic esters (lactones) is 1. The van der Waals surface area contributed by atoms with Crippen LogP contribution in [0.4, 0.5) is 0 Å². The van der Waals surface area contributed by atoms with Gasteiger partial charge in [-0.2, -0.15) is 0 Å². The lowest BCUT2D eigenvalue weighted by Crippen LogP contribution is -2.78. The van der Waals surface area contributed by atoms with Crippen LogP contribution in [-0.2, 0) is 33.4 Å². The number of ketones is 1. The Balaban J connectivity index is 1.70. The predicted octanol–water partition coefficient (Wildman–Crippen LogP) is 3.04. The molecule has 218 valence electrons. The Hall–Kier alpha value is -3.50. The molecule has 0 saturated heterocycles. The Kier molecular flexibility index (Phi) is 5.30. The maximum absolute atomic E-state index is 14.7. The van der Waals surface area contributed by atoms with Gasteiger partial charge in [0.1, 0.15) is 17.8 Å². The maximum Gasteiger partial charge on any atom is 0.331 e. The number of rotatable bonds is 4. The van der Waals surface area contributed by atoms with Gasteiger partial charge in [-0.15, -0.1) is 0 Å². The van der Waals surface area contributed by atoms with Crippen LogP contribution in [0.2, 0.25) is 0 Å². The number of ether oxygens (including phenoxy) is 3. The minimum atomic E-state index is -2.58. The van der Waals surface area contributed by atoms with Gasteiger partial charge in [0, 0.05) is 40.4 Å². The summed E-state index contributed by atoms with van der Waals surface area (Å²) in [5.41, 5.74) is -7.79. The van der Waals surface area contributed by atoms with Gasteiger partial charge < -0.3 is 28.8 Å². The molecular formula is C31H34O10. The van der Waals surface area contributed by atoms with Crippen molar-refractivity contribution in [2.75, 3.05) is 7.11 Å². The highest BCUT2D eigenvalue weighted by atomic mass is 16.6. The van der Waals surface area contributed by atoms with Crippen LogP contribution in [0, 0.1) is 21.7 Å². The first-order valence-electron chi connectivity index (χ1n) is 13.6. The topological polar surface area (TPSA) is 150 Å². The molecule has 10 heteroatoms. The van der Waals surface area contributed by atoms with Crippen LogP contribution in [0.1, 0.15) is 65.5 Å². The van der Waals surface area contributed by atoms with Crippen molar-refractivity contribution in [2.45, 2.75) is 77.3 Å². The molecule has 1 aromatic heterocycles. The lowest BCUT2D eigenvalue weighted by molar-refractivity contribution is -0.267. The van der Waals surface area contributed by atoms with E-state index in [2.05, 4.69) is 6.58 Å². The standard InChI is InChI=1S/C31H34O10/c1-15-11-26(3)18(10-19(33)41-24(26)17-8-9-39-13-17)21-22(15)29(6)28(5,12-20(34)38-7)27(4)14-30(29,36)31(37,23(21)35)25(27)40-16(2)32/h8-10,13,24-25,36-37H,1,11-12,14H2,2-7H3/t24-,25-,26+,27-,28-,29+,30+,31+/m0/s1. The third-order valence-corrected chi connectivity index (χ3v) is 11.5. The SMILES string of the molecule is C=C1C[C@]2(C)C(=CC(=O)O[C@H]2c2ccoc2)C2=C1[C@]1(C)[C@@](C)(CC(=O)OC)[C@@]3(C)C[C@]1(O)[C@@](O)(C2=O)[C@H]3OC(C)=O. The molecule has 41 heavy (non-hydrogen) atoms. The van der Waals surface area contributed by atoms with Crippen molar-refractivity contribution in [3.8, 4) is 0 Å². The molecule has 2 bridgehead atoms. The average Bonchev–Trinajstić information content (AvgIpc) is 3.51. The zero-order valence-electron chi connectivity index (χ0n) is 24.0. The second-order valence-electron chi connectivity index (χ2n) is 13.1. The number of hydrogen-bond donors (Lipinski definition) is 2. The molecule has 2 heterocycles. The molecule has 8 atom stereocenters. The zero-order chi connectivity index (χ0) is 30.1. The molecule has 1 aromatic rings. The highest BCUT2D eigenvalue weighted by molar-refractivity contribution is 6.12. The molecule has 1 aliphatic heterocycles. The van der Waals surface area contributed by atoms with Crippen LogP contribution < -0.4 is 0 Å². The van der Waals surface area contributed by atoms with Crippen molar-refractivity contribution < 1.29 is 48.0 Å². The molecule has 2 saturated carbocycles. The summed E-state index contributed by atoms with van der Waals surface area (Å²) in [5.74, 6) is -2.87. The quantitative estimate of drug-likeness (QED) is 0.411. The van der Waals surface area contributed by atoms with Gasteiger partial charge in [-0.25, -0.2) is 4.79 Å². The van der Waals surface area contributed by atoms with E-state index in [0.717, 1.165) is 6.92 Å². The summed E-state index contributed by atoms with van der Waals surface area (Å²) in [6, 6.07) is 1.67. The van der Waals surface area contributed by atoms with E-state index in [1.54, 1.807) is 26.8 Å². The Morgan fingerprint density at radius 2 is 1.85 bits per heavy atom. The monoisotopic (exact) mass is 566 g/mol. The van der Waals surface area contributed by atoms with Gasteiger partial charge in [-0.1, -0.05) is 34.3 Å². The second-order valence-corrected chi connectivity index (χ2v) is 13.1. The van der Waals surface area contributed by atoms with Crippen LogP contribution in [0.3, 0.4) is 0 Å². The summed E-state index contributed by atoms with van der Waals surface area (Å²) in [5, 5.41) is 25.1. The summed E-state index contributed by atoms with van der Waals surface area (Å²) in [6.07, 6.45) is 1.74. The molecule has 0 amide bonds. The lowest BCUT2D eigenvalue weighted by Gasteiger charge is -2.67. The molecular weight excluding hydrogens is 532 g/mol. The van der Waals surface area contributed by atoms with Crippen LogP contribution in [-0.4, -0.2) is 58.3 Å². The Morgan fingerprint density at radius 3 is 2.44 bits per heavy atom. The van der Waals surface area contributed by atoms with Crippen LogP contribution in [0.15, 0.2) is 58.0 Å². The largest absolute Gasteiger partial charge is 0.472 e. The maximum atomic E-state index is 14.7.